The van der Waals surface area contributed by atoms with E-state index >= 15 is 0 Å². The van der Waals surface area contributed by atoms with Crippen molar-refractivity contribution in [3.8, 4) is 5.75 Å². The van der Waals surface area contributed by atoms with Gasteiger partial charge in [0.15, 0.2) is 0 Å². The highest BCUT2D eigenvalue weighted by Crippen LogP contribution is 2.47. The van der Waals surface area contributed by atoms with Crippen LogP contribution in [0.4, 0.5) is 0 Å². The first-order valence-corrected chi connectivity index (χ1v) is 11.8. The zero-order valence-corrected chi connectivity index (χ0v) is 18.2. The Hall–Kier alpha value is -1.88. The Balaban J connectivity index is 1.17. The highest BCUT2D eigenvalue weighted by Gasteiger charge is 2.45. The molecule has 1 saturated carbocycles. The van der Waals surface area contributed by atoms with Gasteiger partial charge in [-0.2, -0.15) is 0 Å². The van der Waals surface area contributed by atoms with Crippen LogP contribution in [0.5, 0.6) is 5.75 Å². The zero-order valence-electron chi connectivity index (χ0n) is 18.2. The zero-order chi connectivity index (χ0) is 20.7. The van der Waals surface area contributed by atoms with Gasteiger partial charge in [-0.25, -0.2) is 0 Å². The molecule has 162 valence electrons. The van der Waals surface area contributed by atoms with Gasteiger partial charge in [0.25, 0.3) is 0 Å². The molecule has 2 atom stereocenters. The topological polar surface area (TPSA) is 49.9 Å². The van der Waals surface area contributed by atoms with E-state index in [1.54, 1.807) is 12.0 Å². The molecule has 1 aromatic rings. The van der Waals surface area contributed by atoms with Gasteiger partial charge in [0.1, 0.15) is 5.75 Å². The van der Waals surface area contributed by atoms with Crippen LogP contribution in [0, 0.1) is 11.3 Å². The number of carbonyl (C=O) groups excluding carboxylic acids is 2. The van der Waals surface area contributed by atoms with E-state index in [9.17, 15) is 9.59 Å². The number of likely N-dealkylation sites (tertiary alicyclic amines) is 2. The molecule has 2 heterocycles. The molecule has 2 aliphatic carbocycles. The van der Waals surface area contributed by atoms with Gasteiger partial charge in [0, 0.05) is 44.0 Å². The number of amides is 2. The summed E-state index contributed by atoms with van der Waals surface area (Å²) >= 11 is 0. The lowest BCUT2D eigenvalue weighted by Crippen LogP contribution is -2.47. The van der Waals surface area contributed by atoms with Crippen molar-refractivity contribution < 1.29 is 14.3 Å². The third kappa shape index (κ3) is 3.55. The van der Waals surface area contributed by atoms with Gasteiger partial charge in [0.2, 0.25) is 11.8 Å². The molecule has 0 aromatic heterocycles. The summed E-state index contributed by atoms with van der Waals surface area (Å²) < 4.78 is 5.68. The number of methoxy groups -OCH3 is 1. The number of aryl methyl sites for hydroxylation is 1. The average Bonchev–Trinajstić information content (AvgIpc) is 3.36. The first kappa shape index (κ1) is 20.0. The van der Waals surface area contributed by atoms with Crippen molar-refractivity contribution in [1.82, 2.24) is 9.80 Å². The van der Waals surface area contributed by atoms with Crippen LogP contribution in [0.15, 0.2) is 18.2 Å². The van der Waals surface area contributed by atoms with Gasteiger partial charge in [-0.05, 0) is 61.6 Å². The van der Waals surface area contributed by atoms with Crippen molar-refractivity contribution in [2.45, 2.75) is 63.7 Å². The van der Waals surface area contributed by atoms with Crippen LogP contribution in [-0.4, -0.2) is 54.9 Å². The number of ether oxygens (including phenoxy) is 1. The minimum atomic E-state index is 0.00175. The van der Waals surface area contributed by atoms with Crippen LogP contribution in [0.3, 0.4) is 0 Å². The summed E-state index contributed by atoms with van der Waals surface area (Å²) in [5, 5.41) is 0. The third-order valence-corrected chi connectivity index (χ3v) is 8.22. The number of rotatable bonds is 5. The molecular formula is C25H34N2O3. The second-order valence-electron chi connectivity index (χ2n) is 10.1. The molecule has 0 bridgehead atoms. The molecule has 0 N–H and O–H groups in total. The van der Waals surface area contributed by atoms with E-state index in [1.165, 1.54) is 30.4 Å². The third-order valence-electron chi connectivity index (χ3n) is 8.22. The van der Waals surface area contributed by atoms with Gasteiger partial charge in [-0.3, -0.25) is 14.5 Å². The van der Waals surface area contributed by atoms with Crippen molar-refractivity contribution in [2.24, 2.45) is 11.3 Å². The van der Waals surface area contributed by atoms with E-state index in [0.29, 0.717) is 31.2 Å². The van der Waals surface area contributed by atoms with Crippen LogP contribution < -0.4 is 4.74 Å². The molecular weight excluding hydrogens is 376 g/mol. The fraction of sp³-hybridized carbons (Fsp3) is 0.680. The Labute approximate surface area is 179 Å². The summed E-state index contributed by atoms with van der Waals surface area (Å²) in [6, 6.07) is 6.45. The van der Waals surface area contributed by atoms with Gasteiger partial charge in [0.05, 0.1) is 7.11 Å². The lowest BCUT2D eigenvalue weighted by molar-refractivity contribution is -0.153. The summed E-state index contributed by atoms with van der Waals surface area (Å²) in [5.74, 6) is 2.41. The van der Waals surface area contributed by atoms with Crippen LogP contribution in [0.2, 0.25) is 0 Å². The standard InChI is InChI=1S/C25H34N2O3/c1-30-21-7-4-6-18-8-9-19-16-26(17-20(19)24(18)21)12-5-13-27-22(28)14-25(15-23(27)29)10-2-3-11-25/h4,6-7,19-20H,2-3,5,8-17H2,1H3/t19-,20+/m0/s1. The molecule has 2 saturated heterocycles. The molecule has 0 radical (unpaired) electrons. The summed E-state index contributed by atoms with van der Waals surface area (Å²) in [4.78, 5) is 29.5. The van der Waals surface area contributed by atoms with E-state index in [4.69, 9.17) is 4.74 Å². The second kappa shape index (κ2) is 7.99. The van der Waals surface area contributed by atoms with Crippen LogP contribution in [0.1, 0.15) is 68.4 Å². The van der Waals surface area contributed by atoms with E-state index in [0.717, 1.165) is 51.1 Å². The molecule has 30 heavy (non-hydrogen) atoms. The normalized spacial score (nSPS) is 28.1. The smallest absolute Gasteiger partial charge is 0.229 e. The number of carbonyl (C=O) groups is 2. The van der Waals surface area contributed by atoms with E-state index < -0.39 is 0 Å². The largest absolute Gasteiger partial charge is 0.496 e. The van der Waals surface area contributed by atoms with Crippen molar-refractivity contribution in [2.75, 3.05) is 33.3 Å². The van der Waals surface area contributed by atoms with Crippen molar-refractivity contribution in [3.63, 3.8) is 0 Å². The van der Waals surface area contributed by atoms with Crippen LogP contribution >= 0.6 is 0 Å². The Morgan fingerprint density at radius 1 is 1.07 bits per heavy atom. The van der Waals surface area contributed by atoms with Gasteiger partial charge in [-0.1, -0.05) is 25.0 Å². The summed E-state index contributed by atoms with van der Waals surface area (Å²) in [5.41, 5.74) is 2.87. The van der Waals surface area contributed by atoms with Gasteiger partial charge < -0.3 is 9.64 Å². The van der Waals surface area contributed by atoms with Crippen LogP contribution in [-0.2, 0) is 16.0 Å². The minimum absolute atomic E-state index is 0.00175. The Kier molecular flexibility index (Phi) is 5.34. The average molecular weight is 411 g/mol. The highest BCUT2D eigenvalue weighted by atomic mass is 16.5. The number of fused-ring (bicyclic) bond motifs is 3. The summed E-state index contributed by atoms with van der Waals surface area (Å²) in [7, 11) is 1.77. The number of nitrogens with zero attached hydrogens (tertiary/aromatic N) is 2. The Morgan fingerprint density at radius 2 is 1.83 bits per heavy atom. The van der Waals surface area contributed by atoms with Gasteiger partial charge >= 0.3 is 0 Å². The molecule has 2 amide bonds. The fourth-order valence-electron chi connectivity index (χ4n) is 6.72. The van der Waals surface area contributed by atoms with E-state index in [2.05, 4.69) is 23.1 Å². The molecule has 4 aliphatic rings. The maximum absolute atomic E-state index is 12.7. The molecule has 5 nitrogen and oxygen atoms in total. The number of imide groups is 1. The SMILES string of the molecule is COc1cccc2c1[C@@H]1CN(CCCN3C(=O)CC4(CCCC4)CC3=O)C[C@@H]1CC2. The molecule has 5 heteroatoms. The van der Waals surface area contributed by atoms with Gasteiger partial charge in [-0.15, -0.1) is 0 Å². The predicted molar refractivity (Wildman–Crippen MR) is 115 cm³/mol. The van der Waals surface area contributed by atoms with Crippen molar-refractivity contribution >= 4 is 11.8 Å². The van der Waals surface area contributed by atoms with Crippen molar-refractivity contribution in [3.05, 3.63) is 29.3 Å². The number of hydrogen-bond donors (Lipinski definition) is 0. The first-order chi connectivity index (χ1) is 14.6. The molecule has 0 unspecified atom stereocenters. The monoisotopic (exact) mass is 410 g/mol. The van der Waals surface area contributed by atoms with E-state index in [-0.39, 0.29) is 17.2 Å². The summed E-state index contributed by atoms with van der Waals surface area (Å²) in [6.45, 7) is 3.72. The fourth-order valence-corrected chi connectivity index (χ4v) is 6.72. The number of benzene rings is 1. The van der Waals surface area contributed by atoms with Crippen LogP contribution in [0.25, 0.3) is 0 Å². The molecule has 1 aromatic carbocycles. The second-order valence-corrected chi connectivity index (χ2v) is 10.1. The lowest BCUT2D eigenvalue weighted by Gasteiger charge is -2.37. The Morgan fingerprint density at radius 3 is 2.57 bits per heavy atom. The maximum atomic E-state index is 12.7. The summed E-state index contributed by atoms with van der Waals surface area (Å²) in [6.07, 6.45) is 8.89. The molecule has 2 aliphatic heterocycles. The number of hydrogen-bond acceptors (Lipinski definition) is 4. The number of piperidine rings is 1. The first-order valence-electron chi connectivity index (χ1n) is 11.8. The highest BCUT2D eigenvalue weighted by molar-refractivity contribution is 5.98. The van der Waals surface area contributed by atoms with E-state index in [1.807, 2.05) is 0 Å². The molecule has 3 fully saturated rings. The quantitative estimate of drug-likeness (QED) is 0.694. The lowest BCUT2D eigenvalue weighted by atomic mass is 9.76. The minimum Gasteiger partial charge on any atom is -0.496 e. The molecule has 5 rings (SSSR count). The molecule has 1 spiro atoms. The van der Waals surface area contributed by atoms with Crippen molar-refractivity contribution in [1.29, 1.82) is 0 Å². The predicted octanol–water partition coefficient (Wildman–Crippen LogP) is 3.76. The Bertz CT molecular complexity index is 795. The maximum Gasteiger partial charge on any atom is 0.229 e.